The number of benzene rings is 2. The van der Waals surface area contributed by atoms with E-state index in [0.29, 0.717) is 27.2 Å². The molecular formula is C27H22N2O4S2. The third-order valence-corrected chi connectivity index (χ3v) is 7.57. The first-order chi connectivity index (χ1) is 17.0. The Hall–Kier alpha value is -3.75. The van der Waals surface area contributed by atoms with E-state index in [1.807, 2.05) is 78.2 Å². The molecule has 176 valence electrons. The molecule has 0 unspecified atom stereocenters. The molecule has 0 spiro atoms. The normalized spacial score (nSPS) is 15.5. The van der Waals surface area contributed by atoms with Gasteiger partial charge >= 0.3 is 5.97 Å². The average molecular weight is 503 g/mol. The van der Waals surface area contributed by atoms with Crippen LogP contribution in [0.5, 0.6) is 5.75 Å². The summed E-state index contributed by atoms with van der Waals surface area (Å²) < 4.78 is 13.0. The molecule has 3 heterocycles. The maximum absolute atomic E-state index is 13.5. The Morgan fingerprint density at radius 3 is 2.54 bits per heavy atom. The number of allylic oxidation sites excluding steroid dienone is 1. The van der Waals surface area contributed by atoms with Crippen LogP contribution in [0.4, 0.5) is 0 Å². The summed E-state index contributed by atoms with van der Waals surface area (Å²) in [7, 11) is 1.34. The predicted molar refractivity (Wildman–Crippen MR) is 137 cm³/mol. The molecule has 0 saturated carbocycles. The van der Waals surface area contributed by atoms with E-state index in [2.05, 4.69) is 4.99 Å². The van der Waals surface area contributed by atoms with Crippen molar-refractivity contribution < 1.29 is 14.3 Å². The number of carbonyl (C=O) groups excluding carboxylic acids is 1. The number of thiophene rings is 1. The Morgan fingerprint density at radius 1 is 1.09 bits per heavy atom. The van der Waals surface area contributed by atoms with Crippen LogP contribution in [-0.4, -0.2) is 17.6 Å². The Morgan fingerprint density at radius 2 is 1.86 bits per heavy atom. The number of hydrogen-bond donors (Lipinski definition) is 0. The summed E-state index contributed by atoms with van der Waals surface area (Å²) in [5.41, 5.74) is 2.72. The lowest BCUT2D eigenvalue weighted by Crippen LogP contribution is -2.39. The summed E-state index contributed by atoms with van der Waals surface area (Å²) in [6.45, 7) is 2.27. The lowest BCUT2D eigenvalue weighted by atomic mass is 10.0. The molecule has 35 heavy (non-hydrogen) atoms. The maximum atomic E-state index is 13.5. The number of fused-ring (bicyclic) bond motifs is 1. The second kappa shape index (κ2) is 9.85. The molecule has 6 nitrogen and oxygen atoms in total. The van der Waals surface area contributed by atoms with Gasteiger partial charge in [0.1, 0.15) is 18.4 Å². The molecule has 0 N–H and O–H groups in total. The van der Waals surface area contributed by atoms with Crippen LogP contribution in [-0.2, 0) is 16.1 Å². The second-order valence-corrected chi connectivity index (χ2v) is 9.92. The summed E-state index contributed by atoms with van der Waals surface area (Å²) in [5, 5.41) is 1.93. The van der Waals surface area contributed by atoms with Gasteiger partial charge in [0.25, 0.3) is 5.56 Å². The summed E-state index contributed by atoms with van der Waals surface area (Å²) in [6, 6.07) is 20.9. The fourth-order valence-electron chi connectivity index (χ4n) is 3.96. The van der Waals surface area contributed by atoms with Crippen molar-refractivity contribution >= 4 is 34.7 Å². The number of carbonyl (C=O) groups is 1. The minimum absolute atomic E-state index is 0.189. The van der Waals surface area contributed by atoms with Gasteiger partial charge < -0.3 is 9.47 Å². The first-order valence-electron chi connectivity index (χ1n) is 11.0. The van der Waals surface area contributed by atoms with E-state index in [1.54, 1.807) is 11.5 Å². The zero-order valence-electron chi connectivity index (χ0n) is 19.1. The van der Waals surface area contributed by atoms with Crippen molar-refractivity contribution in [3.8, 4) is 5.75 Å². The largest absolute Gasteiger partial charge is 0.489 e. The number of methoxy groups -OCH3 is 1. The van der Waals surface area contributed by atoms with E-state index >= 15 is 0 Å². The molecule has 1 atom stereocenters. The third-order valence-electron chi connectivity index (χ3n) is 5.67. The minimum Gasteiger partial charge on any atom is -0.489 e. The molecule has 8 heteroatoms. The zero-order chi connectivity index (χ0) is 24.4. The molecule has 0 radical (unpaired) electrons. The molecule has 0 fully saturated rings. The molecule has 1 aliphatic rings. The fraction of sp³-hybridized carbons (Fsp3) is 0.148. The SMILES string of the molecule is COC(=O)C1=C(C)N=c2s/c(=C\c3ccc(OCc4ccccc4)cc3)c(=O)n2[C@H]1c1cccs1. The van der Waals surface area contributed by atoms with Crippen molar-refractivity contribution in [2.45, 2.75) is 19.6 Å². The van der Waals surface area contributed by atoms with Crippen LogP contribution in [0.3, 0.4) is 0 Å². The molecule has 2 aromatic carbocycles. The lowest BCUT2D eigenvalue weighted by molar-refractivity contribution is -0.136. The van der Waals surface area contributed by atoms with Gasteiger partial charge in [-0.05, 0) is 47.7 Å². The molecule has 0 saturated heterocycles. The standard InChI is InChI=1S/C27H22N2O4S2/c1-17-23(26(31)32-2)24(21-9-6-14-34-21)29-25(30)22(35-27(29)28-17)15-18-10-12-20(13-11-18)33-16-19-7-4-3-5-8-19/h3-15,24H,16H2,1-2H3/b22-15-/t24-/m0/s1. The van der Waals surface area contributed by atoms with Gasteiger partial charge in [0, 0.05) is 4.88 Å². The van der Waals surface area contributed by atoms with Crippen LogP contribution in [0.2, 0.25) is 0 Å². The fourth-order valence-corrected chi connectivity index (χ4v) is 5.83. The zero-order valence-corrected chi connectivity index (χ0v) is 20.8. The van der Waals surface area contributed by atoms with E-state index in [9.17, 15) is 9.59 Å². The Bertz CT molecular complexity index is 1560. The van der Waals surface area contributed by atoms with Gasteiger partial charge in [0.2, 0.25) is 0 Å². The van der Waals surface area contributed by atoms with Crippen molar-refractivity contribution in [1.29, 1.82) is 0 Å². The second-order valence-electron chi connectivity index (χ2n) is 7.93. The van der Waals surface area contributed by atoms with Crippen LogP contribution in [0.15, 0.2) is 93.2 Å². The monoisotopic (exact) mass is 502 g/mol. The van der Waals surface area contributed by atoms with Crippen molar-refractivity contribution in [2.75, 3.05) is 7.11 Å². The molecule has 0 amide bonds. The van der Waals surface area contributed by atoms with Gasteiger partial charge in [-0.25, -0.2) is 9.79 Å². The van der Waals surface area contributed by atoms with Gasteiger partial charge in [-0.3, -0.25) is 9.36 Å². The number of rotatable bonds is 6. The summed E-state index contributed by atoms with van der Waals surface area (Å²) in [6.07, 6.45) is 1.84. The molecule has 0 bridgehead atoms. The van der Waals surface area contributed by atoms with E-state index < -0.39 is 12.0 Å². The summed E-state index contributed by atoms with van der Waals surface area (Å²) in [5.74, 6) is 0.272. The summed E-state index contributed by atoms with van der Waals surface area (Å²) in [4.78, 5) is 32.1. The van der Waals surface area contributed by atoms with Gasteiger partial charge in [-0.15, -0.1) is 11.3 Å². The van der Waals surface area contributed by atoms with Crippen LogP contribution >= 0.6 is 22.7 Å². The van der Waals surface area contributed by atoms with Crippen LogP contribution < -0.4 is 19.6 Å². The summed E-state index contributed by atoms with van der Waals surface area (Å²) >= 11 is 2.80. The van der Waals surface area contributed by atoms with E-state index in [1.165, 1.54) is 29.8 Å². The van der Waals surface area contributed by atoms with Gasteiger partial charge in [-0.1, -0.05) is 59.9 Å². The number of esters is 1. The number of thiazole rings is 1. The molecule has 4 aromatic rings. The molecule has 2 aromatic heterocycles. The number of hydrogen-bond acceptors (Lipinski definition) is 7. The minimum atomic E-state index is -0.561. The first kappa shape index (κ1) is 23.0. The van der Waals surface area contributed by atoms with E-state index in [4.69, 9.17) is 9.47 Å². The van der Waals surface area contributed by atoms with Crippen LogP contribution in [0.1, 0.15) is 29.0 Å². The van der Waals surface area contributed by atoms with Crippen molar-refractivity contribution in [1.82, 2.24) is 4.57 Å². The Balaban J connectivity index is 1.48. The van der Waals surface area contributed by atoms with Gasteiger partial charge in [-0.2, -0.15) is 0 Å². The lowest BCUT2D eigenvalue weighted by Gasteiger charge is -2.22. The number of nitrogens with zero attached hydrogens (tertiary/aromatic N) is 2. The third kappa shape index (κ3) is 4.62. The first-order valence-corrected chi connectivity index (χ1v) is 12.7. The molecule has 5 rings (SSSR count). The van der Waals surface area contributed by atoms with E-state index in [-0.39, 0.29) is 5.56 Å². The van der Waals surface area contributed by atoms with Crippen molar-refractivity contribution in [2.24, 2.45) is 4.99 Å². The van der Waals surface area contributed by atoms with Crippen LogP contribution in [0.25, 0.3) is 6.08 Å². The molecule has 0 aliphatic carbocycles. The number of aromatic nitrogens is 1. The Kier molecular flexibility index (Phi) is 6.48. The smallest absolute Gasteiger partial charge is 0.338 e. The molecule has 1 aliphatic heterocycles. The predicted octanol–water partition coefficient (Wildman–Crippen LogP) is 4.05. The molecular weight excluding hydrogens is 480 g/mol. The maximum Gasteiger partial charge on any atom is 0.338 e. The van der Waals surface area contributed by atoms with E-state index in [0.717, 1.165) is 21.8 Å². The average Bonchev–Trinajstić information content (AvgIpc) is 3.52. The highest BCUT2D eigenvalue weighted by Crippen LogP contribution is 2.33. The quantitative estimate of drug-likeness (QED) is 0.373. The highest BCUT2D eigenvalue weighted by Gasteiger charge is 2.33. The Labute approximate surface area is 209 Å². The highest BCUT2D eigenvalue weighted by molar-refractivity contribution is 7.10. The van der Waals surface area contributed by atoms with Crippen LogP contribution in [0, 0.1) is 0 Å². The highest BCUT2D eigenvalue weighted by atomic mass is 32.1. The number of ether oxygens (including phenoxy) is 2. The van der Waals surface area contributed by atoms with Crippen molar-refractivity contribution in [3.05, 3.63) is 119 Å². The van der Waals surface area contributed by atoms with Crippen molar-refractivity contribution in [3.63, 3.8) is 0 Å². The topological polar surface area (TPSA) is 69.9 Å². The van der Waals surface area contributed by atoms with Gasteiger partial charge in [0.05, 0.1) is 22.9 Å². The van der Waals surface area contributed by atoms with Gasteiger partial charge in [0.15, 0.2) is 4.80 Å².